The van der Waals surface area contributed by atoms with Gasteiger partial charge in [0.15, 0.2) is 12.1 Å². The minimum atomic E-state index is -0.839. The molecule has 80 valence electrons. The lowest BCUT2D eigenvalue weighted by atomic mass is 10.00. The average molecular weight is 218 g/mol. The molecule has 6 heteroatoms. The number of rotatable bonds is 3. The Balaban J connectivity index is 3.71. The summed E-state index contributed by atoms with van der Waals surface area (Å²) in [6.45, 7) is 1.19. The average Bonchev–Trinajstić information content (AvgIpc) is 2.26. The van der Waals surface area contributed by atoms with E-state index in [2.05, 4.69) is 0 Å². The van der Waals surface area contributed by atoms with Gasteiger partial charge < -0.3 is 0 Å². The summed E-state index contributed by atoms with van der Waals surface area (Å²) in [7, 11) is 0. The van der Waals surface area contributed by atoms with Crippen LogP contribution in [0, 0.1) is 21.4 Å². The molecule has 6 nitrogen and oxygen atoms in total. The van der Waals surface area contributed by atoms with Gasteiger partial charge in [-0.3, -0.25) is 19.7 Å². The van der Waals surface area contributed by atoms with E-state index in [1.165, 1.54) is 13.0 Å². The first-order valence-corrected chi connectivity index (χ1v) is 4.20. The van der Waals surface area contributed by atoms with Crippen molar-refractivity contribution in [3.8, 4) is 6.07 Å². The number of nitro groups is 1. The summed E-state index contributed by atoms with van der Waals surface area (Å²) in [5.41, 5.74) is -1.26. The van der Waals surface area contributed by atoms with Gasteiger partial charge in [-0.25, -0.2) is 0 Å². The van der Waals surface area contributed by atoms with E-state index in [1.54, 1.807) is 6.07 Å². The number of benzene rings is 1. The Morgan fingerprint density at radius 1 is 1.56 bits per heavy atom. The number of carbonyl (C=O) groups is 2. The van der Waals surface area contributed by atoms with E-state index in [1.807, 2.05) is 0 Å². The molecule has 0 fully saturated rings. The third-order valence-electron chi connectivity index (χ3n) is 2.02. The Labute approximate surface area is 90.3 Å². The highest BCUT2D eigenvalue weighted by atomic mass is 16.6. The van der Waals surface area contributed by atoms with Crippen LogP contribution in [-0.4, -0.2) is 17.0 Å². The molecule has 1 aromatic rings. The van der Waals surface area contributed by atoms with E-state index >= 15 is 0 Å². The van der Waals surface area contributed by atoms with Gasteiger partial charge in [0.05, 0.1) is 4.92 Å². The molecule has 1 rings (SSSR count). The van der Waals surface area contributed by atoms with Crippen molar-refractivity contribution in [2.24, 2.45) is 0 Å². The smallest absolute Gasteiger partial charge is 0.298 e. The number of nitrogens with zero attached hydrogens (tertiary/aromatic N) is 2. The van der Waals surface area contributed by atoms with E-state index in [9.17, 15) is 19.7 Å². The number of ketones is 1. The van der Waals surface area contributed by atoms with Gasteiger partial charge in [-0.05, 0) is 19.1 Å². The largest absolute Gasteiger partial charge is 0.298 e. The van der Waals surface area contributed by atoms with Crippen LogP contribution >= 0.6 is 0 Å². The third-order valence-corrected chi connectivity index (χ3v) is 2.02. The van der Waals surface area contributed by atoms with Crippen molar-refractivity contribution < 1.29 is 14.5 Å². The molecule has 0 atom stereocenters. The second-order valence-corrected chi connectivity index (χ2v) is 2.97. The lowest BCUT2D eigenvalue weighted by molar-refractivity contribution is -0.385. The van der Waals surface area contributed by atoms with E-state index in [0.717, 1.165) is 6.07 Å². The number of nitro benzene ring substituents is 1. The number of nitriles is 1. The Morgan fingerprint density at radius 3 is 2.56 bits per heavy atom. The lowest BCUT2D eigenvalue weighted by Crippen LogP contribution is -2.05. The first kappa shape index (κ1) is 11.5. The topological polar surface area (TPSA) is 101 Å². The first-order chi connectivity index (χ1) is 7.52. The highest BCUT2D eigenvalue weighted by Gasteiger charge is 2.24. The molecule has 0 saturated heterocycles. The molecular formula is C10H6N2O4. The molecule has 0 spiro atoms. The standard InChI is InChI=1S/C10H6N2O4/c1-6(14)8-3-2-7(4-11)10(12(15)16)9(8)5-13/h2-3,5H,1H3. The van der Waals surface area contributed by atoms with E-state index in [-0.39, 0.29) is 23.0 Å². The molecule has 0 aliphatic carbocycles. The zero-order valence-corrected chi connectivity index (χ0v) is 8.26. The van der Waals surface area contributed by atoms with Crippen molar-refractivity contribution in [2.75, 3.05) is 0 Å². The molecule has 16 heavy (non-hydrogen) atoms. The van der Waals surface area contributed by atoms with Gasteiger partial charge in [-0.15, -0.1) is 0 Å². The van der Waals surface area contributed by atoms with Crippen molar-refractivity contribution in [1.82, 2.24) is 0 Å². The quantitative estimate of drug-likeness (QED) is 0.331. The summed E-state index contributed by atoms with van der Waals surface area (Å²) in [4.78, 5) is 31.8. The fourth-order valence-corrected chi connectivity index (χ4v) is 1.32. The van der Waals surface area contributed by atoms with Gasteiger partial charge in [0.25, 0.3) is 5.69 Å². The normalized spacial score (nSPS) is 9.25. The Bertz CT molecular complexity index is 528. The summed E-state index contributed by atoms with van der Waals surface area (Å²) < 4.78 is 0. The highest BCUT2D eigenvalue weighted by Crippen LogP contribution is 2.25. The van der Waals surface area contributed by atoms with Crippen LogP contribution in [0.2, 0.25) is 0 Å². The summed E-state index contributed by atoms with van der Waals surface area (Å²) >= 11 is 0. The molecule has 0 N–H and O–H groups in total. The number of hydrogen-bond donors (Lipinski definition) is 0. The monoisotopic (exact) mass is 218 g/mol. The van der Waals surface area contributed by atoms with Crippen molar-refractivity contribution in [3.05, 3.63) is 38.9 Å². The molecule has 0 aliphatic rings. The van der Waals surface area contributed by atoms with E-state index in [0.29, 0.717) is 0 Å². The van der Waals surface area contributed by atoms with Crippen molar-refractivity contribution in [3.63, 3.8) is 0 Å². The van der Waals surface area contributed by atoms with Gasteiger partial charge in [-0.1, -0.05) is 0 Å². The van der Waals surface area contributed by atoms with Crippen LogP contribution in [0.1, 0.15) is 33.2 Å². The summed E-state index contributed by atoms with van der Waals surface area (Å²) in [6, 6.07) is 3.99. The zero-order valence-electron chi connectivity index (χ0n) is 8.26. The minimum Gasteiger partial charge on any atom is -0.298 e. The molecule has 0 aromatic heterocycles. The molecule has 0 radical (unpaired) electrons. The number of hydrogen-bond acceptors (Lipinski definition) is 5. The van der Waals surface area contributed by atoms with Crippen LogP contribution in [0.5, 0.6) is 0 Å². The molecule has 0 heterocycles. The lowest BCUT2D eigenvalue weighted by Gasteiger charge is -2.02. The zero-order chi connectivity index (χ0) is 12.3. The van der Waals surface area contributed by atoms with E-state index < -0.39 is 16.4 Å². The SMILES string of the molecule is CC(=O)c1ccc(C#N)c([N+](=O)[O-])c1C=O. The maximum Gasteiger partial charge on any atom is 0.298 e. The highest BCUT2D eigenvalue weighted by molar-refractivity contribution is 6.04. The number of carbonyl (C=O) groups excluding carboxylic acids is 2. The van der Waals surface area contributed by atoms with Gasteiger partial charge >= 0.3 is 0 Å². The van der Waals surface area contributed by atoms with Crippen LogP contribution in [0.3, 0.4) is 0 Å². The molecule has 1 aromatic carbocycles. The van der Waals surface area contributed by atoms with Crippen LogP contribution in [0.4, 0.5) is 5.69 Å². The molecule has 0 unspecified atom stereocenters. The van der Waals surface area contributed by atoms with Crippen LogP contribution < -0.4 is 0 Å². The third kappa shape index (κ3) is 1.79. The maximum absolute atomic E-state index is 11.1. The van der Waals surface area contributed by atoms with Gasteiger partial charge in [0, 0.05) is 5.56 Å². The van der Waals surface area contributed by atoms with Crippen LogP contribution in [0.25, 0.3) is 0 Å². The van der Waals surface area contributed by atoms with Crippen molar-refractivity contribution >= 4 is 17.8 Å². The Morgan fingerprint density at radius 2 is 2.19 bits per heavy atom. The minimum absolute atomic E-state index is 0.0549. The summed E-state index contributed by atoms with van der Waals surface area (Å²) in [6.07, 6.45) is 0.218. The predicted molar refractivity (Wildman–Crippen MR) is 53.2 cm³/mol. The second-order valence-electron chi connectivity index (χ2n) is 2.97. The van der Waals surface area contributed by atoms with Gasteiger partial charge in [-0.2, -0.15) is 5.26 Å². The molecule has 0 saturated carbocycles. The fourth-order valence-electron chi connectivity index (χ4n) is 1.32. The van der Waals surface area contributed by atoms with Crippen LogP contribution in [-0.2, 0) is 0 Å². The number of aldehydes is 1. The fraction of sp³-hybridized carbons (Fsp3) is 0.100. The summed E-state index contributed by atoms with van der Waals surface area (Å²) in [5, 5.41) is 19.4. The van der Waals surface area contributed by atoms with Crippen LogP contribution in [0.15, 0.2) is 12.1 Å². The predicted octanol–water partition coefficient (Wildman–Crippen LogP) is 1.48. The Hall–Kier alpha value is -2.55. The van der Waals surface area contributed by atoms with E-state index in [4.69, 9.17) is 5.26 Å². The molecule has 0 amide bonds. The molecule has 0 aliphatic heterocycles. The number of Topliss-reactive ketones (excluding diaryl/α,β-unsaturated/α-hetero) is 1. The summed E-state index contributed by atoms with van der Waals surface area (Å²) in [5.74, 6) is -0.463. The van der Waals surface area contributed by atoms with Crippen molar-refractivity contribution in [1.29, 1.82) is 5.26 Å². The van der Waals surface area contributed by atoms with Gasteiger partial charge in [0.2, 0.25) is 0 Å². The molecule has 0 bridgehead atoms. The van der Waals surface area contributed by atoms with Crippen molar-refractivity contribution in [2.45, 2.75) is 6.92 Å². The Kier molecular flexibility index (Phi) is 3.11. The maximum atomic E-state index is 11.1. The first-order valence-electron chi connectivity index (χ1n) is 4.20. The molecular weight excluding hydrogens is 212 g/mol. The second kappa shape index (κ2) is 4.31. The van der Waals surface area contributed by atoms with Gasteiger partial charge in [0.1, 0.15) is 17.2 Å².